The van der Waals surface area contributed by atoms with Crippen LogP contribution >= 0.6 is 27.5 Å². The van der Waals surface area contributed by atoms with E-state index in [1.807, 2.05) is 18.2 Å². The van der Waals surface area contributed by atoms with Crippen LogP contribution in [0.5, 0.6) is 0 Å². The molecule has 0 saturated carbocycles. The van der Waals surface area contributed by atoms with Gasteiger partial charge in [-0.3, -0.25) is 4.79 Å². The van der Waals surface area contributed by atoms with Crippen molar-refractivity contribution in [3.63, 3.8) is 0 Å². The molecule has 0 N–H and O–H groups in total. The summed E-state index contributed by atoms with van der Waals surface area (Å²) in [6.45, 7) is 2.23. The van der Waals surface area contributed by atoms with E-state index in [1.54, 1.807) is 6.92 Å². The number of carbonyl (C=O) groups excluding carboxylic acids is 1. The predicted octanol–water partition coefficient (Wildman–Crippen LogP) is 3.68. The Labute approximate surface area is 109 Å². The van der Waals surface area contributed by atoms with Gasteiger partial charge in [0.2, 0.25) is 0 Å². The molecule has 0 amide bonds. The highest BCUT2D eigenvalue weighted by molar-refractivity contribution is 9.10. The zero-order valence-electron chi connectivity index (χ0n) is 9.13. The maximum atomic E-state index is 11.3. The lowest BCUT2D eigenvalue weighted by atomic mass is 10.0. The standard InChI is InChI=1S/C12H14BrClO2/c1-2-16-12(15)7-6-10-9(8-14)4-3-5-11(10)13/h3-5H,2,6-8H2,1H3. The number of alkyl halides is 1. The molecule has 0 atom stereocenters. The van der Waals surface area contributed by atoms with Crippen LogP contribution in [0.25, 0.3) is 0 Å². The molecule has 0 spiro atoms. The Morgan fingerprint density at radius 2 is 2.25 bits per heavy atom. The minimum absolute atomic E-state index is 0.168. The van der Waals surface area contributed by atoms with Crippen LogP contribution in [-0.2, 0) is 21.8 Å². The van der Waals surface area contributed by atoms with Gasteiger partial charge < -0.3 is 4.74 Å². The largest absolute Gasteiger partial charge is 0.466 e. The Hall–Kier alpha value is -0.540. The van der Waals surface area contributed by atoms with Gasteiger partial charge in [0.15, 0.2) is 0 Å². The van der Waals surface area contributed by atoms with Gasteiger partial charge in [0.1, 0.15) is 0 Å². The highest BCUT2D eigenvalue weighted by Crippen LogP contribution is 2.23. The first-order chi connectivity index (χ1) is 7.69. The first kappa shape index (κ1) is 13.5. The SMILES string of the molecule is CCOC(=O)CCc1c(Br)cccc1CCl. The van der Waals surface area contributed by atoms with E-state index in [9.17, 15) is 4.79 Å². The summed E-state index contributed by atoms with van der Waals surface area (Å²) in [7, 11) is 0. The van der Waals surface area contributed by atoms with Crippen molar-refractivity contribution >= 4 is 33.5 Å². The number of carbonyl (C=O) groups is 1. The zero-order chi connectivity index (χ0) is 12.0. The van der Waals surface area contributed by atoms with E-state index in [1.165, 1.54) is 0 Å². The molecule has 0 unspecified atom stereocenters. The van der Waals surface area contributed by atoms with Gasteiger partial charge in [-0.15, -0.1) is 11.6 Å². The average Bonchev–Trinajstić information content (AvgIpc) is 2.27. The van der Waals surface area contributed by atoms with Gasteiger partial charge in [-0.25, -0.2) is 0 Å². The molecule has 1 aromatic carbocycles. The lowest BCUT2D eigenvalue weighted by Crippen LogP contribution is -2.06. The third kappa shape index (κ3) is 3.80. The van der Waals surface area contributed by atoms with E-state index >= 15 is 0 Å². The quantitative estimate of drug-likeness (QED) is 0.613. The highest BCUT2D eigenvalue weighted by Gasteiger charge is 2.09. The van der Waals surface area contributed by atoms with E-state index in [2.05, 4.69) is 15.9 Å². The fourth-order valence-electron chi connectivity index (χ4n) is 1.47. The van der Waals surface area contributed by atoms with Gasteiger partial charge >= 0.3 is 5.97 Å². The highest BCUT2D eigenvalue weighted by atomic mass is 79.9. The normalized spacial score (nSPS) is 10.2. The minimum Gasteiger partial charge on any atom is -0.466 e. The van der Waals surface area contributed by atoms with Gasteiger partial charge in [0.25, 0.3) is 0 Å². The van der Waals surface area contributed by atoms with Crippen molar-refractivity contribution in [1.82, 2.24) is 0 Å². The Kier molecular flexibility index (Phi) is 5.85. The van der Waals surface area contributed by atoms with Crippen molar-refractivity contribution in [3.05, 3.63) is 33.8 Å². The lowest BCUT2D eigenvalue weighted by Gasteiger charge is -2.09. The molecular weight excluding hydrogens is 291 g/mol. The second kappa shape index (κ2) is 6.92. The molecule has 0 bridgehead atoms. The van der Waals surface area contributed by atoms with E-state index in [4.69, 9.17) is 16.3 Å². The second-order valence-electron chi connectivity index (χ2n) is 3.32. The van der Waals surface area contributed by atoms with Crippen LogP contribution in [-0.4, -0.2) is 12.6 Å². The smallest absolute Gasteiger partial charge is 0.306 e. The number of esters is 1. The molecule has 1 aromatic rings. The average molecular weight is 306 g/mol. The molecule has 0 aliphatic carbocycles. The maximum Gasteiger partial charge on any atom is 0.306 e. The molecule has 0 aliphatic heterocycles. The van der Waals surface area contributed by atoms with Crippen molar-refractivity contribution in [2.45, 2.75) is 25.6 Å². The fourth-order valence-corrected chi connectivity index (χ4v) is 2.32. The van der Waals surface area contributed by atoms with Crippen LogP contribution in [0.3, 0.4) is 0 Å². The third-order valence-electron chi connectivity index (χ3n) is 2.24. The van der Waals surface area contributed by atoms with Gasteiger partial charge in [0, 0.05) is 16.8 Å². The Morgan fingerprint density at radius 1 is 1.50 bits per heavy atom. The lowest BCUT2D eigenvalue weighted by molar-refractivity contribution is -0.143. The summed E-state index contributed by atoms with van der Waals surface area (Å²) in [5.41, 5.74) is 2.14. The monoisotopic (exact) mass is 304 g/mol. The second-order valence-corrected chi connectivity index (χ2v) is 4.44. The first-order valence-corrected chi connectivity index (χ1v) is 6.49. The fraction of sp³-hybridized carbons (Fsp3) is 0.417. The predicted molar refractivity (Wildman–Crippen MR) is 68.7 cm³/mol. The van der Waals surface area contributed by atoms with Crippen LogP contribution in [0, 0.1) is 0 Å². The van der Waals surface area contributed by atoms with E-state index in [0.717, 1.165) is 15.6 Å². The number of hydrogen-bond acceptors (Lipinski definition) is 2. The zero-order valence-corrected chi connectivity index (χ0v) is 11.5. The van der Waals surface area contributed by atoms with Crippen LogP contribution in [0.1, 0.15) is 24.5 Å². The molecule has 0 aliphatic rings. The van der Waals surface area contributed by atoms with Gasteiger partial charge in [-0.05, 0) is 30.5 Å². The van der Waals surface area contributed by atoms with Crippen LogP contribution in [0.4, 0.5) is 0 Å². The van der Waals surface area contributed by atoms with E-state index in [-0.39, 0.29) is 5.97 Å². The van der Waals surface area contributed by atoms with Crippen molar-refractivity contribution in [1.29, 1.82) is 0 Å². The van der Waals surface area contributed by atoms with Gasteiger partial charge in [0.05, 0.1) is 6.61 Å². The van der Waals surface area contributed by atoms with Crippen molar-refractivity contribution in [2.75, 3.05) is 6.61 Å². The van der Waals surface area contributed by atoms with Crippen molar-refractivity contribution in [3.8, 4) is 0 Å². The molecule has 16 heavy (non-hydrogen) atoms. The molecule has 0 fully saturated rings. The molecule has 0 aromatic heterocycles. The van der Waals surface area contributed by atoms with Crippen LogP contribution in [0.15, 0.2) is 22.7 Å². The van der Waals surface area contributed by atoms with Crippen molar-refractivity contribution in [2.24, 2.45) is 0 Å². The van der Waals surface area contributed by atoms with Crippen LogP contribution < -0.4 is 0 Å². The van der Waals surface area contributed by atoms with Gasteiger partial charge in [-0.1, -0.05) is 28.1 Å². The maximum absolute atomic E-state index is 11.3. The summed E-state index contributed by atoms with van der Waals surface area (Å²) in [5.74, 6) is 0.288. The van der Waals surface area contributed by atoms with E-state index in [0.29, 0.717) is 25.3 Å². The summed E-state index contributed by atoms with van der Waals surface area (Å²) >= 11 is 9.31. The summed E-state index contributed by atoms with van der Waals surface area (Å²) in [6.07, 6.45) is 1.04. The van der Waals surface area contributed by atoms with Crippen LogP contribution in [0.2, 0.25) is 0 Å². The summed E-state index contributed by atoms with van der Waals surface area (Å²) < 4.78 is 5.89. The molecule has 0 radical (unpaired) electrons. The molecule has 88 valence electrons. The number of hydrogen-bond donors (Lipinski definition) is 0. The molecular formula is C12H14BrClO2. The summed E-state index contributed by atoms with van der Waals surface area (Å²) in [4.78, 5) is 11.3. The number of benzene rings is 1. The molecule has 0 heterocycles. The number of halogens is 2. The van der Waals surface area contributed by atoms with Gasteiger partial charge in [-0.2, -0.15) is 0 Å². The Bertz CT molecular complexity index is 366. The topological polar surface area (TPSA) is 26.3 Å². The molecule has 1 rings (SSSR count). The summed E-state index contributed by atoms with van der Waals surface area (Å²) in [6, 6.07) is 5.87. The Morgan fingerprint density at radius 3 is 2.88 bits per heavy atom. The third-order valence-corrected chi connectivity index (χ3v) is 3.28. The minimum atomic E-state index is -0.168. The van der Waals surface area contributed by atoms with E-state index < -0.39 is 0 Å². The number of ether oxygens (including phenoxy) is 1. The molecule has 0 saturated heterocycles. The summed E-state index contributed by atoms with van der Waals surface area (Å²) in [5, 5.41) is 0. The first-order valence-electron chi connectivity index (χ1n) is 5.16. The van der Waals surface area contributed by atoms with Crippen molar-refractivity contribution < 1.29 is 9.53 Å². The molecule has 2 nitrogen and oxygen atoms in total. The Balaban J connectivity index is 2.69. The molecule has 4 heteroatoms. The number of rotatable bonds is 5.